The topological polar surface area (TPSA) is 47.6 Å². The molecule has 6 heteroatoms. The van der Waals surface area contributed by atoms with Crippen LogP contribution in [0.2, 0.25) is 10.0 Å². The van der Waals surface area contributed by atoms with Crippen molar-refractivity contribution in [2.75, 3.05) is 20.8 Å². The summed E-state index contributed by atoms with van der Waals surface area (Å²) < 4.78 is 10.5. The Kier molecular flexibility index (Phi) is 6.11. The van der Waals surface area contributed by atoms with E-state index in [-0.39, 0.29) is 12.6 Å². The molecule has 0 aliphatic rings. The molecule has 0 fully saturated rings. The maximum Gasteiger partial charge on any atom is 0.314 e. The van der Waals surface area contributed by atoms with Crippen molar-refractivity contribution in [2.24, 2.45) is 5.41 Å². The summed E-state index contributed by atoms with van der Waals surface area (Å²) in [6.45, 7) is 4.23. The van der Waals surface area contributed by atoms with Crippen molar-refractivity contribution in [3.63, 3.8) is 0 Å². The molecule has 0 atom stereocenters. The third-order valence-corrected chi connectivity index (χ3v) is 3.27. The Labute approximate surface area is 129 Å². The Morgan fingerprint density at radius 2 is 2.00 bits per heavy atom. The quantitative estimate of drug-likeness (QED) is 0.817. The molecule has 0 amide bonds. The second kappa shape index (κ2) is 7.16. The zero-order valence-electron chi connectivity index (χ0n) is 12.0. The first-order valence-corrected chi connectivity index (χ1v) is 6.91. The minimum atomic E-state index is -0.755. The van der Waals surface area contributed by atoms with Gasteiger partial charge in [-0.05, 0) is 33.0 Å². The van der Waals surface area contributed by atoms with Crippen molar-refractivity contribution in [2.45, 2.75) is 20.4 Å². The largest absolute Gasteiger partial charge is 0.491 e. The maximum absolute atomic E-state index is 11.6. The van der Waals surface area contributed by atoms with E-state index in [1.165, 1.54) is 7.11 Å². The number of nitrogens with one attached hydrogen (secondary N) is 1. The predicted molar refractivity (Wildman–Crippen MR) is 80.5 cm³/mol. The van der Waals surface area contributed by atoms with Gasteiger partial charge in [0.15, 0.2) is 0 Å². The van der Waals surface area contributed by atoms with Gasteiger partial charge in [0.2, 0.25) is 0 Å². The molecule has 20 heavy (non-hydrogen) atoms. The molecule has 1 aromatic carbocycles. The highest BCUT2D eigenvalue weighted by Gasteiger charge is 2.30. The van der Waals surface area contributed by atoms with Crippen LogP contribution in [0.3, 0.4) is 0 Å². The summed E-state index contributed by atoms with van der Waals surface area (Å²) >= 11 is 12.1. The first-order chi connectivity index (χ1) is 9.31. The Morgan fingerprint density at radius 3 is 2.55 bits per heavy atom. The molecular weight excluding hydrogens is 301 g/mol. The van der Waals surface area contributed by atoms with Gasteiger partial charge in [-0.2, -0.15) is 0 Å². The molecular formula is C14H19Cl2NO3. The Morgan fingerprint density at radius 1 is 1.35 bits per heavy atom. The van der Waals surface area contributed by atoms with Gasteiger partial charge >= 0.3 is 5.97 Å². The number of hydrogen-bond donors (Lipinski definition) is 1. The monoisotopic (exact) mass is 319 g/mol. The summed E-state index contributed by atoms with van der Waals surface area (Å²) in [4.78, 5) is 11.6. The third-order valence-electron chi connectivity index (χ3n) is 2.77. The average Bonchev–Trinajstić information content (AvgIpc) is 2.36. The average molecular weight is 320 g/mol. The summed E-state index contributed by atoms with van der Waals surface area (Å²) in [5.41, 5.74) is 0.0833. The van der Waals surface area contributed by atoms with E-state index < -0.39 is 5.41 Å². The van der Waals surface area contributed by atoms with Crippen molar-refractivity contribution < 1.29 is 14.3 Å². The van der Waals surface area contributed by atoms with Crippen molar-refractivity contribution in [3.8, 4) is 5.75 Å². The van der Waals surface area contributed by atoms with Crippen LogP contribution in [0.25, 0.3) is 0 Å². The second-order valence-corrected chi connectivity index (χ2v) is 5.91. The molecule has 1 N–H and O–H groups in total. The van der Waals surface area contributed by atoms with Crippen LogP contribution >= 0.6 is 23.2 Å². The molecule has 112 valence electrons. The number of esters is 1. The van der Waals surface area contributed by atoms with Crippen LogP contribution in [0.15, 0.2) is 12.1 Å². The fraction of sp³-hybridized carbons (Fsp3) is 0.500. The van der Waals surface area contributed by atoms with Crippen molar-refractivity contribution in [1.29, 1.82) is 0 Å². The van der Waals surface area contributed by atoms with Gasteiger partial charge in [0, 0.05) is 17.1 Å². The third kappa shape index (κ3) is 4.27. The molecule has 0 unspecified atom stereocenters. The molecule has 0 spiro atoms. The number of carbonyl (C=O) groups excluding carboxylic acids is 1. The summed E-state index contributed by atoms with van der Waals surface area (Å²) in [5, 5.41) is 3.98. The van der Waals surface area contributed by atoms with Crippen molar-refractivity contribution in [3.05, 3.63) is 27.7 Å². The Hall–Kier alpha value is -0.970. The first kappa shape index (κ1) is 17.1. The van der Waals surface area contributed by atoms with Gasteiger partial charge in [-0.15, -0.1) is 0 Å². The molecule has 4 nitrogen and oxygen atoms in total. The van der Waals surface area contributed by atoms with Crippen LogP contribution in [0.1, 0.15) is 19.4 Å². The van der Waals surface area contributed by atoms with Crippen LogP contribution in [0.4, 0.5) is 0 Å². The minimum absolute atomic E-state index is 0.164. The molecule has 0 heterocycles. The van der Waals surface area contributed by atoms with Crippen LogP contribution in [0, 0.1) is 5.41 Å². The van der Waals surface area contributed by atoms with Gasteiger partial charge < -0.3 is 14.8 Å². The van der Waals surface area contributed by atoms with Gasteiger partial charge in [-0.3, -0.25) is 4.79 Å². The van der Waals surface area contributed by atoms with E-state index in [2.05, 4.69) is 5.32 Å². The molecule has 1 rings (SSSR count). The lowest BCUT2D eigenvalue weighted by Gasteiger charge is -2.23. The van der Waals surface area contributed by atoms with E-state index in [0.717, 1.165) is 5.56 Å². The second-order valence-electron chi connectivity index (χ2n) is 5.07. The van der Waals surface area contributed by atoms with Gasteiger partial charge in [0.1, 0.15) is 12.4 Å². The molecule has 0 radical (unpaired) electrons. The number of rotatable bonds is 6. The van der Waals surface area contributed by atoms with Crippen LogP contribution in [-0.2, 0) is 16.1 Å². The summed E-state index contributed by atoms with van der Waals surface area (Å²) in [5.74, 6) is 0.195. The number of carbonyl (C=O) groups is 1. The zero-order valence-corrected chi connectivity index (χ0v) is 13.6. The van der Waals surface area contributed by atoms with Gasteiger partial charge in [-0.25, -0.2) is 0 Å². The normalized spacial score (nSPS) is 11.3. The SMILES string of the molecule is CNCc1cc(Cl)cc(Cl)c1OCC(C)(C)C(=O)OC. The zero-order chi connectivity index (χ0) is 15.3. The summed E-state index contributed by atoms with van der Waals surface area (Å²) in [6.07, 6.45) is 0. The highest BCUT2D eigenvalue weighted by molar-refractivity contribution is 6.35. The molecule has 0 bridgehead atoms. The van der Waals surface area contributed by atoms with E-state index >= 15 is 0 Å². The van der Waals surface area contributed by atoms with Gasteiger partial charge in [-0.1, -0.05) is 23.2 Å². The highest BCUT2D eigenvalue weighted by atomic mass is 35.5. The standard InChI is InChI=1S/C14H19Cl2NO3/c1-14(2,13(18)19-4)8-20-12-9(7-17-3)5-10(15)6-11(12)16/h5-6,17H,7-8H2,1-4H3. The molecule has 0 saturated heterocycles. The van der Waals surface area contributed by atoms with Crippen LogP contribution in [-0.4, -0.2) is 26.7 Å². The van der Waals surface area contributed by atoms with Gasteiger partial charge in [0.05, 0.1) is 17.5 Å². The summed E-state index contributed by atoms with van der Waals surface area (Å²) in [7, 11) is 3.17. The van der Waals surface area contributed by atoms with Gasteiger partial charge in [0.25, 0.3) is 0 Å². The lowest BCUT2D eigenvalue weighted by atomic mass is 9.95. The lowest BCUT2D eigenvalue weighted by Crippen LogP contribution is -2.32. The molecule has 1 aromatic rings. The Balaban J connectivity index is 2.94. The number of halogens is 2. The molecule has 0 saturated carbocycles. The fourth-order valence-electron chi connectivity index (χ4n) is 1.68. The number of ether oxygens (including phenoxy) is 2. The lowest BCUT2D eigenvalue weighted by molar-refractivity contribution is -0.152. The predicted octanol–water partition coefficient (Wildman–Crippen LogP) is 3.29. The smallest absolute Gasteiger partial charge is 0.314 e. The van der Waals surface area contributed by atoms with Crippen molar-refractivity contribution >= 4 is 29.2 Å². The van der Waals surface area contributed by atoms with Crippen molar-refractivity contribution in [1.82, 2.24) is 5.32 Å². The fourth-order valence-corrected chi connectivity index (χ4v) is 2.27. The van der Waals surface area contributed by atoms with E-state index in [1.807, 2.05) is 7.05 Å². The minimum Gasteiger partial charge on any atom is -0.491 e. The molecule has 0 aliphatic carbocycles. The van der Waals surface area contributed by atoms with E-state index in [4.69, 9.17) is 32.7 Å². The van der Waals surface area contributed by atoms with E-state index in [9.17, 15) is 4.79 Å². The Bertz CT molecular complexity index is 490. The number of methoxy groups -OCH3 is 1. The van der Waals surface area contributed by atoms with Crippen LogP contribution in [0.5, 0.6) is 5.75 Å². The highest BCUT2D eigenvalue weighted by Crippen LogP contribution is 2.33. The van der Waals surface area contributed by atoms with E-state index in [1.54, 1.807) is 26.0 Å². The molecule has 0 aromatic heterocycles. The first-order valence-electron chi connectivity index (χ1n) is 6.15. The van der Waals surface area contributed by atoms with Crippen LogP contribution < -0.4 is 10.1 Å². The number of benzene rings is 1. The molecule has 0 aliphatic heterocycles. The van der Waals surface area contributed by atoms with E-state index in [0.29, 0.717) is 22.3 Å². The number of hydrogen-bond acceptors (Lipinski definition) is 4. The summed E-state index contributed by atoms with van der Waals surface area (Å²) in [6, 6.07) is 3.40. The maximum atomic E-state index is 11.6.